The molecular weight excluding hydrogens is 269 g/mol. The first-order chi connectivity index (χ1) is 8.79. The molecule has 3 nitrogen and oxygen atoms in total. The van der Waals surface area contributed by atoms with Gasteiger partial charge < -0.3 is 5.32 Å². The lowest BCUT2D eigenvalue weighted by Crippen LogP contribution is -2.14. The predicted octanol–water partition coefficient (Wildman–Crippen LogP) is 3.33. The van der Waals surface area contributed by atoms with E-state index in [9.17, 15) is 4.39 Å². The smallest absolute Gasteiger partial charge is 0.178 e. The molecule has 0 unspecified atom stereocenters. The lowest BCUT2D eigenvalue weighted by Gasteiger charge is -2.08. The normalized spacial score (nSPS) is 10.8. The minimum absolute atomic E-state index is 0.204. The summed E-state index contributed by atoms with van der Waals surface area (Å²) >= 11 is 3.01. The maximum Gasteiger partial charge on any atom is 0.178 e. The molecule has 2 rings (SSSR count). The van der Waals surface area contributed by atoms with Crippen molar-refractivity contribution >= 4 is 23.1 Å². The SMILES string of the molecule is CCCNCc1cc(F)ccc1Sc1nncs1. The fourth-order valence-corrected chi connectivity index (χ4v) is 3.03. The van der Waals surface area contributed by atoms with Crippen LogP contribution in [-0.2, 0) is 6.54 Å². The van der Waals surface area contributed by atoms with E-state index in [1.807, 2.05) is 0 Å². The summed E-state index contributed by atoms with van der Waals surface area (Å²) in [5, 5.41) is 11.1. The molecule has 0 aliphatic rings. The van der Waals surface area contributed by atoms with Gasteiger partial charge in [-0.3, -0.25) is 0 Å². The minimum Gasteiger partial charge on any atom is -0.313 e. The summed E-state index contributed by atoms with van der Waals surface area (Å²) in [6, 6.07) is 4.85. The van der Waals surface area contributed by atoms with Crippen molar-refractivity contribution in [2.45, 2.75) is 29.1 Å². The van der Waals surface area contributed by atoms with Crippen LogP contribution < -0.4 is 5.32 Å². The zero-order chi connectivity index (χ0) is 12.8. The molecule has 0 amide bonds. The molecule has 96 valence electrons. The van der Waals surface area contributed by atoms with Gasteiger partial charge in [-0.15, -0.1) is 10.2 Å². The Bertz CT molecular complexity index is 488. The minimum atomic E-state index is -0.204. The van der Waals surface area contributed by atoms with E-state index < -0.39 is 0 Å². The van der Waals surface area contributed by atoms with Gasteiger partial charge in [0.25, 0.3) is 0 Å². The zero-order valence-electron chi connectivity index (χ0n) is 10.0. The van der Waals surface area contributed by atoms with Crippen molar-refractivity contribution in [1.29, 1.82) is 0 Å². The lowest BCUT2D eigenvalue weighted by atomic mass is 10.2. The summed E-state index contributed by atoms with van der Waals surface area (Å²) in [6.07, 6.45) is 1.06. The van der Waals surface area contributed by atoms with Crippen molar-refractivity contribution in [2.24, 2.45) is 0 Å². The Morgan fingerprint density at radius 3 is 3.06 bits per heavy atom. The van der Waals surface area contributed by atoms with Gasteiger partial charge in [0.05, 0.1) is 0 Å². The number of hydrogen-bond donors (Lipinski definition) is 1. The number of nitrogens with one attached hydrogen (secondary N) is 1. The van der Waals surface area contributed by atoms with Gasteiger partial charge in [-0.25, -0.2) is 4.39 Å². The summed E-state index contributed by atoms with van der Waals surface area (Å²) in [7, 11) is 0. The summed E-state index contributed by atoms with van der Waals surface area (Å²) < 4.78 is 14.1. The molecule has 0 bridgehead atoms. The number of halogens is 1. The molecule has 0 atom stereocenters. The average molecular weight is 283 g/mol. The molecule has 1 N–H and O–H groups in total. The van der Waals surface area contributed by atoms with Crippen LogP contribution in [0.25, 0.3) is 0 Å². The molecule has 0 fully saturated rings. The molecule has 1 heterocycles. The molecule has 0 spiro atoms. The Labute approximate surface area is 114 Å². The highest BCUT2D eigenvalue weighted by molar-refractivity contribution is 8.01. The van der Waals surface area contributed by atoms with Crippen molar-refractivity contribution in [3.8, 4) is 0 Å². The first kappa shape index (κ1) is 13.5. The second-order valence-electron chi connectivity index (χ2n) is 3.74. The Hall–Kier alpha value is -0.980. The number of hydrogen-bond acceptors (Lipinski definition) is 5. The summed E-state index contributed by atoms with van der Waals surface area (Å²) in [5.41, 5.74) is 2.66. The van der Waals surface area contributed by atoms with Crippen LogP contribution in [0.4, 0.5) is 4.39 Å². The quantitative estimate of drug-likeness (QED) is 0.825. The molecule has 2 aromatic rings. The monoisotopic (exact) mass is 283 g/mol. The Morgan fingerprint density at radius 1 is 1.44 bits per heavy atom. The fraction of sp³-hybridized carbons (Fsp3) is 0.333. The second kappa shape index (κ2) is 6.82. The number of nitrogens with zero attached hydrogens (tertiary/aromatic N) is 2. The molecule has 0 aliphatic heterocycles. The molecule has 0 saturated heterocycles. The van der Waals surface area contributed by atoms with Crippen LogP contribution in [0.5, 0.6) is 0 Å². The van der Waals surface area contributed by atoms with Crippen LogP contribution in [0, 0.1) is 5.82 Å². The number of rotatable bonds is 6. The van der Waals surface area contributed by atoms with E-state index in [1.54, 1.807) is 17.6 Å². The first-order valence-corrected chi connectivity index (χ1v) is 7.42. The largest absolute Gasteiger partial charge is 0.313 e. The van der Waals surface area contributed by atoms with Crippen LogP contribution in [0.15, 0.2) is 32.9 Å². The summed E-state index contributed by atoms with van der Waals surface area (Å²) in [5.74, 6) is -0.204. The molecule has 0 radical (unpaired) electrons. The summed E-state index contributed by atoms with van der Waals surface area (Å²) in [4.78, 5) is 1.02. The standard InChI is InChI=1S/C12H14FN3S2/c1-2-5-14-7-9-6-10(13)3-4-11(9)18-12-16-15-8-17-12/h3-4,6,8,14H,2,5,7H2,1H3. The molecule has 1 aromatic carbocycles. The van der Waals surface area contributed by atoms with Gasteiger partial charge >= 0.3 is 0 Å². The lowest BCUT2D eigenvalue weighted by molar-refractivity contribution is 0.615. The number of benzene rings is 1. The van der Waals surface area contributed by atoms with Gasteiger partial charge in [-0.2, -0.15) is 0 Å². The van der Waals surface area contributed by atoms with Crippen LogP contribution >= 0.6 is 23.1 Å². The van der Waals surface area contributed by atoms with Crippen molar-refractivity contribution in [3.63, 3.8) is 0 Å². The van der Waals surface area contributed by atoms with Gasteiger partial charge in [0.15, 0.2) is 4.34 Å². The molecular formula is C12H14FN3S2. The highest BCUT2D eigenvalue weighted by atomic mass is 32.2. The highest BCUT2D eigenvalue weighted by Crippen LogP contribution is 2.31. The van der Waals surface area contributed by atoms with Crippen LogP contribution in [0.3, 0.4) is 0 Å². The molecule has 1 aromatic heterocycles. The zero-order valence-corrected chi connectivity index (χ0v) is 11.7. The van der Waals surface area contributed by atoms with Gasteiger partial charge in [0.2, 0.25) is 0 Å². The van der Waals surface area contributed by atoms with Gasteiger partial charge in [-0.1, -0.05) is 30.0 Å². The van der Waals surface area contributed by atoms with Gasteiger partial charge in [-0.05, 0) is 36.7 Å². The average Bonchev–Trinajstić information content (AvgIpc) is 2.86. The Morgan fingerprint density at radius 2 is 2.33 bits per heavy atom. The van der Waals surface area contributed by atoms with E-state index >= 15 is 0 Å². The molecule has 0 aliphatic carbocycles. The summed E-state index contributed by atoms with van der Waals surface area (Å²) in [6.45, 7) is 3.71. The molecule has 6 heteroatoms. The van der Waals surface area contributed by atoms with Crippen molar-refractivity contribution in [1.82, 2.24) is 15.5 Å². The van der Waals surface area contributed by atoms with E-state index in [-0.39, 0.29) is 5.82 Å². The Kier molecular flexibility index (Phi) is 5.10. The van der Waals surface area contributed by atoms with Crippen LogP contribution in [0.2, 0.25) is 0 Å². The Balaban J connectivity index is 2.12. The van der Waals surface area contributed by atoms with E-state index in [2.05, 4.69) is 22.4 Å². The molecule has 0 saturated carbocycles. The van der Waals surface area contributed by atoms with E-state index in [1.165, 1.54) is 29.2 Å². The third kappa shape index (κ3) is 3.76. The van der Waals surface area contributed by atoms with E-state index in [4.69, 9.17) is 0 Å². The van der Waals surface area contributed by atoms with Crippen molar-refractivity contribution in [2.75, 3.05) is 6.54 Å². The highest BCUT2D eigenvalue weighted by Gasteiger charge is 2.07. The third-order valence-corrected chi connectivity index (χ3v) is 4.20. The van der Waals surface area contributed by atoms with Crippen LogP contribution in [0.1, 0.15) is 18.9 Å². The van der Waals surface area contributed by atoms with Crippen molar-refractivity contribution < 1.29 is 4.39 Å². The second-order valence-corrected chi connectivity index (χ2v) is 5.86. The maximum atomic E-state index is 13.3. The fourth-order valence-electron chi connectivity index (χ4n) is 1.49. The van der Waals surface area contributed by atoms with Gasteiger partial charge in [0, 0.05) is 11.4 Å². The third-order valence-electron chi connectivity index (χ3n) is 2.30. The molecule has 18 heavy (non-hydrogen) atoms. The van der Waals surface area contributed by atoms with Crippen LogP contribution in [-0.4, -0.2) is 16.7 Å². The van der Waals surface area contributed by atoms with Gasteiger partial charge in [0.1, 0.15) is 11.3 Å². The van der Waals surface area contributed by atoms with E-state index in [0.717, 1.165) is 27.8 Å². The topological polar surface area (TPSA) is 37.8 Å². The first-order valence-electron chi connectivity index (χ1n) is 5.72. The maximum absolute atomic E-state index is 13.3. The number of aromatic nitrogens is 2. The van der Waals surface area contributed by atoms with Crippen molar-refractivity contribution in [3.05, 3.63) is 35.1 Å². The van der Waals surface area contributed by atoms with E-state index in [0.29, 0.717) is 6.54 Å². The predicted molar refractivity (Wildman–Crippen MR) is 72.4 cm³/mol.